The number of benzene rings is 2. The molecule has 0 aliphatic carbocycles. The van der Waals surface area contributed by atoms with Crippen molar-refractivity contribution in [2.75, 3.05) is 0 Å². The number of fused-ring (bicyclic) bond motifs is 1. The lowest BCUT2D eigenvalue weighted by Gasteiger charge is -2.05. The second-order valence-corrected chi connectivity index (χ2v) is 5.21. The number of hydrogen-bond acceptors (Lipinski definition) is 2. The number of sulfonamides is 1. The molecule has 83 valence electrons. The van der Waals surface area contributed by atoms with Crippen molar-refractivity contribution in [1.82, 2.24) is 0 Å². The first kappa shape index (κ1) is 11.2. The second kappa shape index (κ2) is 3.62. The minimum atomic E-state index is -3.84. The molecule has 0 bridgehead atoms. The summed E-state index contributed by atoms with van der Waals surface area (Å²) >= 11 is 5.66. The fraction of sp³-hybridized carbons (Fsp3) is 0. The van der Waals surface area contributed by atoms with Gasteiger partial charge in [0, 0.05) is 10.8 Å². The summed E-state index contributed by atoms with van der Waals surface area (Å²) in [4.78, 5) is -0.0706. The van der Waals surface area contributed by atoms with Gasteiger partial charge in [0.05, 0.1) is 9.92 Å². The monoisotopic (exact) mass is 256 g/mol. The van der Waals surface area contributed by atoms with Crippen LogP contribution in [0.4, 0.5) is 0 Å². The van der Waals surface area contributed by atoms with E-state index in [1.54, 1.807) is 0 Å². The molecular formula is C10H7ClNO3S. The van der Waals surface area contributed by atoms with Gasteiger partial charge >= 0.3 is 0 Å². The number of halogens is 1. The van der Waals surface area contributed by atoms with E-state index >= 15 is 0 Å². The average molecular weight is 257 g/mol. The Morgan fingerprint density at radius 2 is 1.75 bits per heavy atom. The first-order valence-corrected chi connectivity index (χ1v) is 6.25. The minimum absolute atomic E-state index is 0.0547. The van der Waals surface area contributed by atoms with Crippen LogP contribution in [-0.2, 0) is 15.1 Å². The van der Waals surface area contributed by atoms with Crippen molar-refractivity contribution in [2.45, 2.75) is 4.90 Å². The van der Waals surface area contributed by atoms with Gasteiger partial charge in [0.15, 0.2) is 0 Å². The van der Waals surface area contributed by atoms with E-state index in [9.17, 15) is 13.5 Å². The minimum Gasteiger partial charge on any atom is -0.288 e. The summed E-state index contributed by atoms with van der Waals surface area (Å²) < 4.78 is 22.6. The fourth-order valence-corrected chi connectivity index (χ4v) is 2.44. The van der Waals surface area contributed by atoms with Gasteiger partial charge in [-0.3, -0.25) is 5.11 Å². The van der Waals surface area contributed by atoms with E-state index in [4.69, 9.17) is 16.7 Å². The van der Waals surface area contributed by atoms with Crippen molar-refractivity contribution < 1.29 is 13.5 Å². The summed E-state index contributed by atoms with van der Waals surface area (Å²) in [5, 5.41) is 17.3. The van der Waals surface area contributed by atoms with Crippen LogP contribution in [0, 0.1) is 0 Å². The predicted octanol–water partition coefficient (Wildman–Crippen LogP) is 2.28. The first-order chi connectivity index (χ1) is 7.41. The molecule has 0 aliphatic heterocycles. The maximum absolute atomic E-state index is 11.6. The van der Waals surface area contributed by atoms with Crippen LogP contribution in [0.1, 0.15) is 0 Å². The summed E-state index contributed by atoms with van der Waals surface area (Å²) in [6.45, 7) is 0. The molecule has 6 heteroatoms. The summed E-state index contributed by atoms with van der Waals surface area (Å²) in [5.41, 5.74) is 0. The molecule has 0 unspecified atom stereocenters. The molecule has 2 aromatic carbocycles. The van der Waals surface area contributed by atoms with Gasteiger partial charge < -0.3 is 0 Å². The zero-order chi connectivity index (χ0) is 11.9. The number of hydrogen-bond donors (Lipinski definition) is 1. The Bertz CT molecular complexity index is 667. The van der Waals surface area contributed by atoms with E-state index in [1.807, 2.05) is 0 Å². The molecule has 0 aromatic heterocycles. The van der Waals surface area contributed by atoms with Crippen LogP contribution in [0.25, 0.3) is 10.8 Å². The summed E-state index contributed by atoms with van der Waals surface area (Å²) in [6, 6.07) is 7.16. The molecule has 0 atom stereocenters. The predicted molar refractivity (Wildman–Crippen MR) is 60.5 cm³/mol. The van der Waals surface area contributed by atoms with E-state index in [2.05, 4.69) is 0 Å². The topological polar surface area (TPSA) is 80.1 Å². The van der Waals surface area contributed by atoms with Gasteiger partial charge in [-0.1, -0.05) is 29.8 Å². The summed E-state index contributed by atoms with van der Waals surface area (Å²) in [6.07, 6.45) is 0. The number of nitrogens with two attached hydrogens (primary N) is 1. The third-order valence-electron chi connectivity index (χ3n) is 2.23. The van der Waals surface area contributed by atoms with Crippen LogP contribution in [0.5, 0.6) is 5.75 Å². The van der Waals surface area contributed by atoms with Gasteiger partial charge in [0.1, 0.15) is 0 Å². The van der Waals surface area contributed by atoms with Crippen LogP contribution in [0.2, 0.25) is 5.02 Å². The van der Waals surface area contributed by atoms with Crippen LogP contribution in [0.3, 0.4) is 0 Å². The Hall–Kier alpha value is -1.30. The van der Waals surface area contributed by atoms with E-state index in [0.29, 0.717) is 5.39 Å². The molecule has 0 fully saturated rings. The van der Waals surface area contributed by atoms with E-state index < -0.39 is 15.8 Å². The highest BCUT2D eigenvalue weighted by atomic mass is 35.5. The molecule has 0 amide bonds. The molecule has 2 rings (SSSR count). The Balaban J connectivity index is 2.96. The van der Waals surface area contributed by atoms with Crippen molar-refractivity contribution >= 4 is 32.4 Å². The lowest BCUT2D eigenvalue weighted by molar-refractivity contribution is 0.360. The third kappa shape index (κ3) is 1.73. The van der Waals surface area contributed by atoms with Gasteiger partial charge in [-0.05, 0) is 12.1 Å². The van der Waals surface area contributed by atoms with Gasteiger partial charge in [-0.15, -0.1) is 0 Å². The standard InChI is InChI=1S/C10H7ClNO3S/c11-8-5-4-6-7(10(8)13)2-1-3-9(6)16(12,14)15/h1-5H,(H2,12,14,15). The van der Waals surface area contributed by atoms with E-state index in [1.165, 1.54) is 30.3 Å². The molecule has 4 nitrogen and oxygen atoms in total. The molecule has 2 N–H and O–H groups in total. The largest absolute Gasteiger partial charge is 0.288 e. The molecule has 16 heavy (non-hydrogen) atoms. The van der Waals surface area contributed by atoms with E-state index in [-0.39, 0.29) is 15.3 Å². The third-order valence-corrected chi connectivity index (χ3v) is 3.50. The highest BCUT2D eigenvalue weighted by Gasteiger charge is 2.15. The molecule has 0 aliphatic rings. The summed E-state index contributed by atoms with van der Waals surface area (Å²) in [7, 11) is -3.84. The van der Waals surface area contributed by atoms with Crippen LogP contribution in [0.15, 0.2) is 35.2 Å². The maximum atomic E-state index is 11.6. The van der Waals surface area contributed by atoms with E-state index in [0.717, 1.165) is 0 Å². The van der Waals surface area contributed by atoms with Crippen molar-refractivity contribution in [2.24, 2.45) is 5.14 Å². The molecule has 0 saturated carbocycles. The number of rotatable bonds is 1. The first-order valence-electron chi connectivity index (χ1n) is 4.32. The van der Waals surface area contributed by atoms with Gasteiger partial charge in [-0.25, -0.2) is 13.6 Å². The van der Waals surface area contributed by atoms with Crippen molar-refractivity contribution in [1.29, 1.82) is 0 Å². The smallest absolute Gasteiger partial charge is 0.238 e. The zero-order valence-electron chi connectivity index (χ0n) is 7.98. The van der Waals surface area contributed by atoms with Crippen LogP contribution >= 0.6 is 11.6 Å². The quantitative estimate of drug-likeness (QED) is 0.849. The van der Waals surface area contributed by atoms with Crippen molar-refractivity contribution in [3.63, 3.8) is 0 Å². The molecule has 0 saturated heterocycles. The molecule has 2 aromatic rings. The Labute approximate surface area is 97.3 Å². The highest BCUT2D eigenvalue weighted by molar-refractivity contribution is 7.89. The lowest BCUT2D eigenvalue weighted by Crippen LogP contribution is -2.12. The Kier molecular flexibility index (Phi) is 2.53. The summed E-state index contributed by atoms with van der Waals surface area (Å²) in [5.74, 6) is -0.398. The van der Waals surface area contributed by atoms with Gasteiger partial charge in [-0.2, -0.15) is 0 Å². The average Bonchev–Trinajstić information content (AvgIpc) is 2.21. The maximum Gasteiger partial charge on any atom is 0.238 e. The Morgan fingerprint density at radius 3 is 2.38 bits per heavy atom. The second-order valence-electron chi connectivity index (χ2n) is 3.27. The normalized spacial score (nSPS) is 11.9. The van der Waals surface area contributed by atoms with Crippen LogP contribution in [-0.4, -0.2) is 8.42 Å². The molecular weight excluding hydrogens is 250 g/mol. The molecule has 0 heterocycles. The number of primary sulfonamides is 1. The highest BCUT2D eigenvalue weighted by Crippen LogP contribution is 2.35. The van der Waals surface area contributed by atoms with Crippen molar-refractivity contribution in [3.05, 3.63) is 35.4 Å². The SMILES string of the molecule is NS(=O)(=O)c1cccc2c([O])c(Cl)ccc12. The van der Waals surface area contributed by atoms with Gasteiger partial charge in [0.2, 0.25) is 15.8 Å². The van der Waals surface area contributed by atoms with Crippen LogP contribution < -0.4 is 5.14 Å². The zero-order valence-corrected chi connectivity index (χ0v) is 9.55. The lowest BCUT2D eigenvalue weighted by atomic mass is 10.1. The van der Waals surface area contributed by atoms with Gasteiger partial charge in [0.25, 0.3) is 0 Å². The van der Waals surface area contributed by atoms with Crippen molar-refractivity contribution in [3.8, 4) is 5.75 Å². The fourth-order valence-electron chi connectivity index (χ4n) is 1.52. The Morgan fingerprint density at radius 1 is 1.06 bits per heavy atom. The molecule has 1 radical (unpaired) electrons. The molecule has 0 spiro atoms.